The zero-order valence-corrected chi connectivity index (χ0v) is 14.4. The summed E-state index contributed by atoms with van der Waals surface area (Å²) in [4.78, 5) is 36.5. The van der Waals surface area contributed by atoms with Crippen molar-refractivity contribution >= 4 is 34.8 Å². The molecule has 2 aromatic carbocycles. The number of benzene rings is 2. The lowest BCUT2D eigenvalue weighted by Crippen LogP contribution is -2.36. The smallest absolute Gasteiger partial charge is 0.244 e. The topological polar surface area (TPSA) is 102 Å². The third-order valence-corrected chi connectivity index (χ3v) is 3.48. The SMILES string of the molecule is CC(=O)Nc1ccc(NC(=O)CN(C(C)=O)c2ccc(C#N)cc2)cc1. The van der Waals surface area contributed by atoms with Crippen molar-refractivity contribution in [2.24, 2.45) is 0 Å². The van der Waals surface area contributed by atoms with Crippen LogP contribution in [0, 0.1) is 11.3 Å². The van der Waals surface area contributed by atoms with Crippen molar-refractivity contribution in [2.75, 3.05) is 22.1 Å². The lowest BCUT2D eigenvalue weighted by atomic mass is 10.2. The molecule has 0 spiro atoms. The number of carbonyl (C=O) groups excluding carboxylic acids is 3. The van der Waals surface area contributed by atoms with Gasteiger partial charge in [0.1, 0.15) is 6.54 Å². The number of hydrogen-bond donors (Lipinski definition) is 2. The molecule has 0 radical (unpaired) electrons. The van der Waals surface area contributed by atoms with Crippen LogP contribution in [-0.4, -0.2) is 24.3 Å². The highest BCUT2D eigenvalue weighted by Gasteiger charge is 2.16. The van der Waals surface area contributed by atoms with Gasteiger partial charge >= 0.3 is 0 Å². The normalized spacial score (nSPS) is 9.73. The van der Waals surface area contributed by atoms with Gasteiger partial charge in [-0.15, -0.1) is 0 Å². The van der Waals surface area contributed by atoms with E-state index < -0.39 is 0 Å². The van der Waals surface area contributed by atoms with Crippen molar-refractivity contribution in [2.45, 2.75) is 13.8 Å². The molecule has 0 atom stereocenters. The van der Waals surface area contributed by atoms with Gasteiger partial charge in [0, 0.05) is 30.9 Å². The molecule has 0 aromatic heterocycles. The Morgan fingerprint density at radius 1 is 0.923 bits per heavy atom. The highest BCUT2D eigenvalue weighted by Crippen LogP contribution is 2.17. The molecule has 3 amide bonds. The first-order chi connectivity index (χ1) is 12.4. The van der Waals surface area contributed by atoms with Crippen molar-refractivity contribution in [3.8, 4) is 6.07 Å². The van der Waals surface area contributed by atoms with E-state index >= 15 is 0 Å². The van der Waals surface area contributed by atoms with Crippen LogP contribution in [0.3, 0.4) is 0 Å². The molecular weight excluding hydrogens is 332 g/mol. The minimum atomic E-state index is -0.364. The van der Waals surface area contributed by atoms with E-state index in [-0.39, 0.29) is 24.3 Å². The molecule has 0 aliphatic rings. The van der Waals surface area contributed by atoms with E-state index in [9.17, 15) is 14.4 Å². The van der Waals surface area contributed by atoms with Crippen LogP contribution in [0.1, 0.15) is 19.4 Å². The number of nitrogens with one attached hydrogen (secondary N) is 2. The minimum absolute atomic E-state index is 0.158. The minimum Gasteiger partial charge on any atom is -0.326 e. The van der Waals surface area contributed by atoms with Gasteiger partial charge in [-0.1, -0.05) is 0 Å². The molecule has 0 bridgehead atoms. The predicted molar refractivity (Wildman–Crippen MR) is 98.6 cm³/mol. The highest BCUT2D eigenvalue weighted by atomic mass is 16.2. The zero-order chi connectivity index (χ0) is 19.1. The number of rotatable bonds is 5. The molecule has 0 saturated heterocycles. The van der Waals surface area contributed by atoms with Crippen molar-refractivity contribution in [1.29, 1.82) is 5.26 Å². The van der Waals surface area contributed by atoms with Gasteiger partial charge in [0.2, 0.25) is 17.7 Å². The standard InChI is InChI=1S/C19H18N4O3/c1-13(24)21-16-5-7-17(8-6-16)22-19(26)12-23(14(2)25)18-9-3-15(11-20)4-10-18/h3-10H,12H2,1-2H3,(H,21,24)(H,22,26). The summed E-state index contributed by atoms with van der Waals surface area (Å²) in [5.74, 6) is -0.830. The third kappa shape index (κ3) is 5.18. The zero-order valence-electron chi connectivity index (χ0n) is 14.4. The number of nitriles is 1. The van der Waals surface area contributed by atoms with Crippen LogP contribution in [0.25, 0.3) is 0 Å². The van der Waals surface area contributed by atoms with E-state index in [1.807, 2.05) is 6.07 Å². The number of carbonyl (C=O) groups is 3. The van der Waals surface area contributed by atoms with Crippen molar-refractivity contribution < 1.29 is 14.4 Å². The average Bonchev–Trinajstić information content (AvgIpc) is 2.61. The Hall–Kier alpha value is -3.66. The Morgan fingerprint density at radius 2 is 1.46 bits per heavy atom. The second kappa shape index (κ2) is 8.44. The maximum atomic E-state index is 12.3. The summed E-state index contributed by atoms with van der Waals surface area (Å²) < 4.78 is 0. The van der Waals surface area contributed by atoms with E-state index in [0.29, 0.717) is 22.6 Å². The summed E-state index contributed by atoms with van der Waals surface area (Å²) in [5.41, 5.74) is 2.18. The maximum absolute atomic E-state index is 12.3. The molecule has 0 fully saturated rings. The van der Waals surface area contributed by atoms with Gasteiger partial charge in [0.25, 0.3) is 0 Å². The molecule has 26 heavy (non-hydrogen) atoms. The van der Waals surface area contributed by atoms with Crippen molar-refractivity contribution in [3.05, 3.63) is 54.1 Å². The quantitative estimate of drug-likeness (QED) is 0.865. The summed E-state index contributed by atoms with van der Waals surface area (Å²) in [5, 5.41) is 14.2. The lowest BCUT2D eigenvalue weighted by molar-refractivity contribution is -0.120. The van der Waals surface area contributed by atoms with Crippen LogP contribution >= 0.6 is 0 Å². The van der Waals surface area contributed by atoms with Gasteiger partial charge in [0.15, 0.2) is 0 Å². The van der Waals surface area contributed by atoms with Crippen molar-refractivity contribution in [3.63, 3.8) is 0 Å². The van der Waals surface area contributed by atoms with Crippen LogP contribution in [0.2, 0.25) is 0 Å². The van der Waals surface area contributed by atoms with Crippen LogP contribution in [0.5, 0.6) is 0 Å². The van der Waals surface area contributed by atoms with E-state index in [1.165, 1.54) is 18.7 Å². The van der Waals surface area contributed by atoms with E-state index in [1.54, 1.807) is 48.5 Å². The largest absolute Gasteiger partial charge is 0.326 e. The van der Waals surface area contributed by atoms with Gasteiger partial charge in [-0.05, 0) is 48.5 Å². The van der Waals surface area contributed by atoms with E-state index in [0.717, 1.165) is 0 Å². The molecule has 0 aliphatic heterocycles. The molecule has 2 aromatic rings. The van der Waals surface area contributed by atoms with Gasteiger partial charge < -0.3 is 15.5 Å². The summed E-state index contributed by atoms with van der Waals surface area (Å²) in [6, 6.07) is 15.1. The van der Waals surface area contributed by atoms with Gasteiger partial charge in [-0.25, -0.2) is 0 Å². The number of anilines is 3. The maximum Gasteiger partial charge on any atom is 0.244 e. The first-order valence-electron chi connectivity index (χ1n) is 7.85. The summed E-state index contributed by atoms with van der Waals surface area (Å²) >= 11 is 0. The monoisotopic (exact) mass is 350 g/mol. The van der Waals surface area contributed by atoms with E-state index in [4.69, 9.17) is 5.26 Å². The first-order valence-corrected chi connectivity index (χ1v) is 7.85. The fraction of sp³-hybridized carbons (Fsp3) is 0.158. The molecule has 7 heteroatoms. The van der Waals surface area contributed by atoms with Crippen LogP contribution < -0.4 is 15.5 Å². The van der Waals surface area contributed by atoms with Crippen LogP contribution in [0.15, 0.2) is 48.5 Å². The average molecular weight is 350 g/mol. The number of hydrogen-bond acceptors (Lipinski definition) is 4. The molecule has 0 heterocycles. The number of amides is 3. The van der Waals surface area contributed by atoms with Crippen molar-refractivity contribution in [1.82, 2.24) is 0 Å². The molecule has 0 aliphatic carbocycles. The Kier molecular flexibility index (Phi) is 6.06. The fourth-order valence-electron chi connectivity index (χ4n) is 2.28. The second-order valence-corrected chi connectivity index (χ2v) is 5.57. The second-order valence-electron chi connectivity index (χ2n) is 5.57. The molecule has 7 nitrogen and oxygen atoms in total. The fourth-order valence-corrected chi connectivity index (χ4v) is 2.28. The first kappa shape index (κ1) is 18.7. The summed E-state index contributed by atoms with van der Waals surface area (Å²) in [6.45, 7) is 2.62. The Labute approximate surface area is 151 Å². The van der Waals surface area contributed by atoms with Gasteiger partial charge in [-0.3, -0.25) is 14.4 Å². The van der Waals surface area contributed by atoms with Gasteiger partial charge in [-0.2, -0.15) is 5.26 Å². The highest BCUT2D eigenvalue weighted by molar-refractivity contribution is 6.02. The Bertz CT molecular complexity index is 852. The molecule has 0 saturated carbocycles. The van der Waals surface area contributed by atoms with Crippen LogP contribution in [-0.2, 0) is 14.4 Å². The Morgan fingerprint density at radius 3 is 1.92 bits per heavy atom. The molecule has 2 N–H and O–H groups in total. The lowest BCUT2D eigenvalue weighted by Gasteiger charge is -2.20. The molecule has 0 unspecified atom stereocenters. The predicted octanol–water partition coefficient (Wildman–Crippen LogP) is 2.51. The van der Waals surface area contributed by atoms with E-state index in [2.05, 4.69) is 10.6 Å². The molecule has 2 rings (SSSR count). The summed E-state index contributed by atoms with van der Waals surface area (Å²) in [6.07, 6.45) is 0. The third-order valence-electron chi connectivity index (χ3n) is 3.48. The van der Waals surface area contributed by atoms with Gasteiger partial charge in [0.05, 0.1) is 11.6 Å². The summed E-state index contributed by atoms with van der Waals surface area (Å²) in [7, 11) is 0. The molecule has 132 valence electrons. The number of nitrogens with zero attached hydrogens (tertiary/aromatic N) is 2. The Balaban J connectivity index is 2.04. The van der Waals surface area contributed by atoms with Crippen LogP contribution in [0.4, 0.5) is 17.1 Å². The molecular formula is C19H18N4O3.